The predicted molar refractivity (Wildman–Crippen MR) is 265 cm³/mol. The van der Waals surface area contributed by atoms with Crippen LogP contribution in [0.25, 0.3) is 0 Å². The fourth-order valence-electron chi connectivity index (χ4n) is 7.63. The van der Waals surface area contributed by atoms with Crippen LogP contribution in [0.15, 0.2) is 48.6 Å². The molecule has 0 heterocycles. The van der Waals surface area contributed by atoms with Crippen LogP contribution in [0.2, 0.25) is 0 Å². The zero-order valence-corrected chi connectivity index (χ0v) is 41.1. The SMILES string of the molecule is CC/C=C\C/C=C\C/C=C\C/C=C\CCC(=O)OC(COC(=O)CCCCCCCCCCCC)COC(=O)CCCCCCCCCCCCCCCCCCCCCCC. The lowest BCUT2D eigenvalue weighted by Gasteiger charge is -2.18. The average molecular weight is 869 g/mol. The van der Waals surface area contributed by atoms with Gasteiger partial charge >= 0.3 is 17.9 Å². The van der Waals surface area contributed by atoms with E-state index in [2.05, 4.69) is 57.2 Å². The number of hydrogen-bond acceptors (Lipinski definition) is 6. The van der Waals surface area contributed by atoms with Crippen molar-refractivity contribution in [2.24, 2.45) is 0 Å². The van der Waals surface area contributed by atoms with Crippen LogP contribution in [0, 0.1) is 0 Å². The first kappa shape index (κ1) is 59.4. The van der Waals surface area contributed by atoms with E-state index < -0.39 is 6.10 Å². The molecule has 0 saturated carbocycles. The van der Waals surface area contributed by atoms with E-state index in [1.54, 1.807) is 0 Å². The molecule has 0 N–H and O–H groups in total. The summed E-state index contributed by atoms with van der Waals surface area (Å²) in [5, 5.41) is 0. The van der Waals surface area contributed by atoms with E-state index in [-0.39, 0.29) is 37.5 Å². The molecule has 1 unspecified atom stereocenters. The van der Waals surface area contributed by atoms with E-state index in [9.17, 15) is 14.4 Å². The minimum absolute atomic E-state index is 0.0979. The largest absolute Gasteiger partial charge is 0.462 e. The fraction of sp³-hybridized carbons (Fsp3) is 0.804. The molecule has 6 heteroatoms. The predicted octanol–water partition coefficient (Wildman–Crippen LogP) is 17.5. The summed E-state index contributed by atoms with van der Waals surface area (Å²) < 4.78 is 16.7. The minimum Gasteiger partial charge on any atom is -0.462 e. The van der Waals surface area contributed by atoms with Gasteiger partial charge in [-0.15, -0.1) is 0 Å². The van der Waals surface area contributed by atoms with E-state index in [0.717, 1.165) is 64.2 Å². The van der Waals surface area contributed by atoms with Gasteiger partial charge in [0, 0.05) is 19.3 Å². The maximum Gasteiger partial charge on any atom is 0.306 e. The van der Waals surface area contributed by atoms with Gasteiger partial charge in [0.25, 0.3) is 0 Å². The third-order valence-corrected chi connectivity index (χ3v) is 11.6. The summed E-state index contributed by atoms with van der Waals surface area (Å²) in [6.07, 6.45) is 61.3. The number of carbonyl (C=O) groups is 3. The highest BCUT2D eigenvalue weighted by Gasteiger charge is 2.19. The Hall–Kier alpha value is -2.63. The summed E-state index contributed by atoms with van der Waals surface area (Å²) in [7, 11) is 0. The van der Waals surface area contributed by atoms with Gasteiger partial charge in [-0.05, 0) is 44.9 Å². The highest BCUT2D eigenvalue weighted by Crippen LogP contribution is 2.16. The lowest BCUT2D eigenvalue weighted by molar-refractivity contribution is -0.166. The summed E-state index contributed by atoms with van der Waals surface area (Å²) in [5.74, 6) is -0.972. The van der Waals surface area contributed by atoms with Gasteiger partial charge in [-0.1, -0.05) is 256 Å². The molecule has 0 aromatic carbocycles. The topological polar surface area (TPSA) is 78.9 Å². The molecule has 0 aliphatic carbocycles. The zero-order valence-electron chi connectivity index (χ0n) is 41.1. The number of rotatable bonds is 48. The van der Waals surface area contributed by atoms with Gasteiger partial charge in [-0.3, -0.25) is 14.4 Å². The fourth-order valence-corrected chi connectivity index (χ4v) is 7.63. The molecule has 0 spiro atoms. The monoisotopic (exact) mass is 869 g/mol. The van der Waals surface area contributed by atoms with E-state index >= 15 is 0 Å². The van der Waals surface area contributed by atoms with E-state index in [1.165, 1.54) is 161 Å². The molecule has 1 atom stereocenters. The number of hydrogen-bond donors (Lipinski definition) is 0. The van der Waals surface area contributed by atoms with Crippen molar-refractivity contribution >= 4 is 17.9 Å². The Labute approximate surface area is 384 Å². The standard InChI is InChI=1S/C56H100O6/c1-4-7-10-13-16-19-22-24-25-26-27-28-29-30-31-33-34-37-40-43-46-49-55(58)61-52-53(51-60-54(57)48-45-42-39-36-21-18-15-12-9-6-3)62-56(59)50-47-44-41-38-35-32-23-20-17-14-11-8-5-2/h8,11,17,20,32,35,41,44,53H,4-7,9-10,12-16,18-19,21-31,33-34,36-40,42-43,45-52H2,1-3H3/b11-8-,20-17-,35-32-,44-41-. The smallest absolute Gasteiger partial charge is 0.306 e. The second kappa shape index (κ2) is 51.0. The molecule has 0 bridgehead atoms. The maximum atomic E-state index is 12.7. The number of unbranched alkanes of at least 4 members (excludes halogenated alkanes) is 29. The van der Waals surface area contributed by atoms with Crippen molar-refractivity contribution in [2.75, 3.05) is 13.2 Å². The van der Waals surface area contributed by atoms with Crippen LogP contribution in [0.4, 0.5) is 0 Å². The number of allylic oxidation sites excluding steroid dienone is 8. The molecule has 0 amide bonds. The maximum absolute atomic E-state index is 12.7. The molecule has 360 valence electrons. The van der Waals surface area contributed by atoms with Gasteiger partial charge in [0.1, 0.15) is 13.2 Å². The number of ether oxygens (including phenoxy) is 3. The van der Waals surface area contributed by atoms with Gasteiger partial charge in [0.05, 0.1) is 0 Å². The molecule has 0 radical (unpaired) electrons. The van der Waals surface area contributed by atoms with Crippen LogP contribution in [0.3, 0.4) is 0 Å². The van der Waals surface area contributed by atoms with Crippen LogP contribution >= 0.6 is 0 Å². The molecule has 6 nitrogen and oxygen atoms in total. The molecule has 0 aromatic heterocycles. The van der Waals surface area contributed by atoms with Gasteiger partial charge in [-0.25, -0.2) is 0 Å². The Morgan fingerprint density at radius 2 is 0.629 bits per heavy atom. The molecule has 0 aromatic rings. The molecule has 0 aliphatic rings. The summed E-state index contributed by atoms with van der Waals surface area (Å²) in [4.78, 5) is 37.9. The highest BCUT2D eigenvalue weighted by molar-refractivity contribution is 5.71. The number of carbonyl (C=O) groups excluding carboxylic acids is 3. The van der Waals surface area contributed by atoms with Gasteiger partial charge in [-0.2, -0.15) is 0 Å². The summed E-state index contributed by atoms with van der Waals surface area (Å²) in [5.41, 5.74) is 0. The van der Waals surface area contributed by atoms with Gasteiger partial charge in [0.2, 0.25) is 0 Å². The van der Waals surface area contributed by atoms with Crippen molar-refractivity contribution < 1.29 is 28.6 Å². The zero-order chi connectivity index (χ0) is 45.1. The first-order chi connectivity index (χ1) is 30.5. The quantitative estimate of drug-likeness (QED) is 0.0262. The average Bonchev–Trinajstić information content (AvgIpc) is 3.27. The summed E-state index contributed by atoms with van der Waals surface area (Å²) in [6.45, 7) is 6.47. The van der Waals surface area contributed by atoms with Crippen molar-refractivity contribution in [1.29, 1.82) is 0 Å². The van der Waals surface area contributed by atoms with E-state index in [4.69, 9.17) is 14.2 Å². The minimum atomic E-state index is -0.805. The molecule has 0 aliphatic heterocycles. The van der Waals surface area contributed by atoms with Gasteiger partial charge < -0.3 is 14.2 Å². The van der Waals surface area contributed by atoms with Crippen molar-refractivity contribution in [3.8, 4) is 0 Å². The highest BCUT2D eigenvalue weighted by atomic mass is 16.6. The van der Waals surface area contributed by atoms with Crippen molar-refractivity contribution in [3.63, 3.8) is 0 Å². The Balaban J connectivity index is 4.29. The van der Waals surface area contributed by atoms with Crippen LogP contribution in [0.1, 0.15) is 271 Å². The normalized spacial score (nSPS) is 12.4. The second-order valence-corrected chi connectivity index (χ2v) is 17.8. The number of esters is 3. The first-order valence-corrected chi connectivity index (χ1v) is 26.6. The first-order valence-electron chi connectivity index (χ1n) is 26.6. The van der Waals surface area contributed by atoms with Crippen molar-refractivity contribution in [3.05, 3.63) is 48.6 Å². The second-order valence-electron chi connectivity index (χ2n) is 17.8. The molecular weight excluding hydrogens is 769 g/mol. The molecule has 0 saturated heterocycles. The third kappa shape index (κ3) is 48.4. The Bertz CT molecular complexity index is 1090. The van der Waals surface area contributed by atoms with Crippen LogP contribution in [-0.2, 0) is 28.6 Å². The Morgan fingerprint density at radius 3 is 0.952 bits per heavy atom. The Morgan fingerprint density at radius 1 is 0.339 bits per heavy atom. The van der Waals surface area contributed by atoms with Crippen molar-refractivity contribution in [1.82, 2.24) is 0 Å². The Kier molecular flexibility index (Phi) is 48.8. The molecule has 62 heavy (non-hydrogen) atoms. The van der Waals surface area contributed by atoms with Gasteiger partial charge in [0.15, 0.2) is 6.10 Å². The lowest BCUT2D eigenvalue weighted by Crippen LogP contribution is -2.30. The lowest BCUT2D eigenvalue weighted by atomic mass is 10.0. The third-order valence-electron chi connectivity index (χ3n) is 11.6. The van der Waals surface area contributed by atoms with Crippen LogP contribution in [0.5, 0.6) is 0 Å². The molecule has 0 rings (SSSR count). The van der Waals surface area contributed by atoms with Crippen LogP contribution < -0.4 is 0 Å². The summed E-state index contributed by atoms with van der Waals surface area (Å²) >= 11 is 0. The van der Waals surface area contributed by atoms with Crippen molar-refractivity contribution in [2.45, 2.75) is 277 Å². The molecular formula is C56H100O6. The molecule has 0 fully saturated rings. The van der Waals surface area contributed by atoms with E-state index in [0.29, 0.717) is 19.3 Å². The van der Waals surface area contributed by atoms with E-state index in [1.807, 2.05) is 12.2 Å². The summed E-state index contributed by atoms with van der Waals surface area (Å²) in [6, 6.07) is 0. The van der Waals surface area contributed by atoms with Crippen LogP contribution in [-0.4, -0.2) is 37.2 Å².